The molecular formula is C23H27F3N6SSe. The van der Waals surface area contributed by atoms with Crippen LogP contribution in [0.2, 0.25) is 0 Å². The number of aryl methyl sites for hydroxylation is 1. The van der Waals surface area contributed by atoms with Gasteiger partial charge in [0.15, 0.2) is 0 Å². The number of rotatable bonds is 10. The summed E-state index contributed by atoms with van der Waals surface area (Å²) >= 11 is -0.258. The van der Waals surface area contributed by atoms with E-state index >= 15 is 0 Å². The molecule has 3 aromatic rings. The molecule has 0 radical (unpaired) electrons. The summed E-state index contributed by atoms with van der Waals surface area (Å²) in [4.78, 5) is 9.48. The van der Waals surface area contributed by atoms with E-state index in [9.17, 15) is 13.2 Å². The van der Waals surface area contributed by atoms with Crippen molar-refractivity contribution in [2.75, 3.05) is 18.4 Å². The Morgan fingerprint density at radius 2 is 2.15 bits per heavy atom. The van der Waals surface area contributed by atoms with Gasteiger partial charge in [-0.1, -0.05) is 0 Å². The molecule has 11 heteroatoms. The second-order valence-corrected chi connectivity index (χ2v) is 11.0. The minimum atomic E-state index is -4.31. The molecule has 4 N–H and O–H groups in total. The van der Waals surface area contributed by atoms with Crippen molar-refractivity contribution in [3.63, 3.8) is 0 Å². The van der Waals surface area contributed by atoms with Crippen LogP contribution in [0.5, 0.6) is 0 Å². The van der Waals surface area contributed by atoms with Crippen LogP contribution in [0.15, 0.2) is 31.2 Å². The molecule has 0 aliphatic carbocycles. The average molecular weight is 556 g/mol. The Morgan fingerprint density at radius 1 is 1.35 bits per heavy atom. The van der Waals surface area contributed by atoms with Crippen LogP contribution in [-0.4, -0.2) is 53.5 Å². The number of nitrogens with zero attached hydrogens (tertiary/aromatic N) is 3. The van der Waals surface area contributed by atoms with Crippen molar-refractivity contribution in [3.8, 4) is 11.8 Å². The van der Waals surface area contributed by atoms with Crippen molar-refractivity contribution in [2.45, 2.75) is 44.2 Å². The molecule has 1 unspecified atom stereocenters. The van der Waals surface area contributed by atoms with Crippen molar-refractivity contribution in [1.82, 2.24) is 19.7 Å². The number of fused-ring (bicyclic) bond motifs is 1. The van der Waals surface area contributed by atoms with Gasteiger partial charge >= 0.3 is 208 Å². The second kappa shape index (κ2) is 11.8. The van der Waals surface area contributed by atoms with Gasteiger partial charge in [-0.05, 0) is 0 Å². The van der Waals surface area contributed by atoms with Gasteiger partial charge in [0.1, 0.15) is 0 Å². The van der Waals surface area contributed by atoms with Gasteiger partial charge in [0.05, 0.1) is 0 Å². The molecule has 0 aliphatic heterocycles. The first-order valence-electron chi connectivity index (χ1n) is 10.8. The van der Waals surface area contributed by atoms with Crippen molar-refractivity contribution >= 4 is 47.9 Å². The molecule has 34 heavy (non-hydrogen) atoms. The van der Waals surface area contributed by atoms with Gasteiger partial charge in [0.25, 0.3) is 0 Å². The van der Waals surface area contributed by atoms with E-state index in [2.05, 4.69) is 45.9 Å². The summed E-state index contributed by atoms with van der Waals surface area (Å²) in [5, 5.41) is 3.07. The number of nitrogens with two attached hydrogens (primary N) is 1. The number of hydrogen-bond donors (Lipinski definition) is 3. The zero-order valence-corrected chi connectivity index (χ0v) is 21.5. The second-order valence-electron chi connectivity index (χ2n) is 7.53. The average Bonchev–Trinajstić information content (AvgIpc) is 3.35. The van der Waals surface area contributed by atoms with Gasteiger partial charge < -0.3 is 0 Å². The molecule has 0 aromatic carbocycles. The molecule has 3 aromatic heterocycles. The first-order valence-corrected chi connectivity index (χ1v) is 13.3. The van der Waals surface area contributed by atoms with Crippen LogP contribution in [0.1, 0.15) is 41.6 Å². The molecule has 0 saturated heterocycles. The number of hydrogen-bond acceptors (Lipinski definition) is 6. The molecule has 6 nitrogen and oxygen atoms in total. The van der Waals surface area contributed by atoms with Crippen LogP contribution < -0.4 is 21.0 Å². The molecule has 0 aliphatic rings. The number of aromatic nitrogens is 3. The van der Waals surface area contributed by atoms with Crippen LogP contribution in [0.25, 0.3) is 11.2 Å². The molecule has 0 saturated carbocycles. The van der Waals surface area contributed by atoms with Gasteiger partial charge in [0, 0.05) is 0 Å². The van der Waals surface area contributed by atoms with Gasteiger partial charge in [-0.25, -0.2) is 0 Å². The standard InChI is InChI=1S/C23H27F3N6SSe/c1-4-6-18(8-9-27)31-21-19-13-17(22(34-23(24,25)26)32(19)12-11-29-21)7-5-10-28-15(2)20-14-30-16(3)33-20/h11-14,18,28H,2,4,6,8-10,27H2,1,3H3,(H,29,31). The number of anilines is 1. The van der Waals surface area contributed by atoms with Crippen molar-refractivity contribution in [2.24, 2.45) is 5.73 Å². The van der Waals surface area contributed by atoms with E-state index in [1.54, 1.807) is 22.9 Å². The molecule has 3 heterocycles. The van der Waals surface area contributed by atoms with Crippen LogP contribution >= 0.6 is 11.3 Å². The van der Waals surface area contributed by atoms with Gasteiger partial charge in [-0.3, -0.25) is 0 Å². The zero-order chi connectivity index (χ0) is 24.7. The number of thiazole rings is 1. The number of nitrogens with one attached hydrogen (secondary N) is 2. The first-order chi connectivity index (χ1) is 16.2. The number of halogens is 3. The molecule has 0 fully saturated rings. The quantitative estimate of drug-likeness (QED) is 0.264. The third-order valence-electron chi connectivity index (χ3n) is 4.89. The van der Waals surface area contributed by atoms with Crippen LogP contribution in [0, 0.1) is 18.8 Å². The van der Waals surface area contributed by atoms with Crippen molar-refractivity contribution in [3.05, 3.63) is 46.7 Å². The van der Waals surface area contributed by atoms with Crippen LogP contribution in [0.4, 0.5) is 19.0 Å². The minimum absolute atomic E-state index is 0.0975. The summed E-state index contributed by atoms with van der Waals surface area (Å²) in [5.74, 6) is 6.39. The predicted octanol–water partition coefficient (Wildman–Crippen LogP) is 3.49. The summed E-state index contributed by atoms with van der Waals surface area (Å²) in [5.41, 5.74) is 7.33. The summed E-state index contributed by atoms with van der Waals surface area (Å²) < 4.78 is 41.9. The summed E-state index contributed by atoms with van der Waals surface area (Å²) in [7, 11) is 0. The SMILES string of the molecule is C=C(NCC#Cc1cc2c(NC(CCC)CCN)nccn2c1[Se]C(F)(F)F)c1cnc(C)s1. The fourth-order valence-corrected chi connectivity index (χ4v) is 5.59. The van der Waals surface area contributed by atoms with Crippen molar-refractivity contribution < 1.29 is 13.2 Å². The Balaban J connectivity index is 1.88. The molecule has 0 amide bonds. The van der Waals surface area contributed by atoms with E-state index in [1.807, 2.05) is 6.92 Å². The summed E-state index contributed by atoms with van der Waals surface area (Å²) in [6.07, 6.45) is 7.39. The van der Waals surface area contributed by atoms with E-state index < -0.39 is 20.0 Å². The Bertz CT molecular complexity index is 1180. The normalized spacial score (nSPS) is 12.3. The zero-order valence-electron chi connectivity index (χ0n) is 19.0. The van der Waals surface area contributed by atoms with E-state index in [1.165, 1.54) is 17.5 Å². The van der Waals surface area contributed by atoms with Crippen LogP contribution in [-0.2, 0) is 0 Å². The predicted molar refractivity (Wildman–Crippen MR) is 133 cm³/mol. The fraction of sp³-hybridized carbons (Fsp3) is 0.391. The first kappa shape index (κ1) is 26.1. The van der Waals surface area contributed by atoms with E-state index in [0.717, 1.165) is 29.1 Å². The van der Waals surface area contributed by atoms with Crippen molar-refractivity contribution in [1.29, 1.82) is 0 Å². The molecule has 182 valence electrons. The van der Waals surface area contributed by atoms with Gasteiger partial charge in [-0.2, -0.15) is 0 Å². The summed E-state index contributed by atoms with van der Waals surface area (Å²) in [6, 6.07) is 1.78. The fourth-order valence-electron chi connectivity index (χ4n) is 3.40. The Hall–Kier alpha value is -2.51. The Labute approximate surface area is 207 Å². The topological polar surface area (TPSA) is 80.3 Å². The summed E-state index contributed by atoms with van der Waals surface area (Å²) in [6.45, 7) is 8.71. The third kappa shape index (κ3) is 7.00. The molecule has 0 bridgehead atoms. The molecule has 0 spiro atoms. The van der Waals surface area contributed by atoms with E-state index in [4.69, 9.17) is 5.73 Å². The van der Waals surface area contributed by atoms with Gasteiger partial charge in [0.2, 0.25) is 0 Å². The van der Waals surface area contributed by atoms with Crippen LogP contribution in [0.3, 0.4) is 0 Å². The monoisotopic (exact) mass is 556 g/mol. The third-order valence-corrected chi connectivity index (χ3v) is 7.63. The molecule has 3 rings (SSSR count). The number of alkyl halides is 3. The molecule has 1 atom stereocenters. The van der Waals surface area contributed by atoms with Gasteiger partial charge in [-0.15, -0.1) is 0 Å². The Morgan fingerprint density at radius 3 is 2.79 bits per heavy atom. The molecular weight excluding hydrogens is 528 g/mol. The Kier molecular flexibility index (Phi) is 9.03. The van der Waals surface area contributed by atoms with E-state index in [0.29, 0.717) is 29.1 Å². The van der Waals surface area contributed by atoms with E-state index in [-0.39, 0.29) is 17.2 Å². The maximum atomic E-state index is 13.4. The maximum absolute atomic E-state index is 13.4.